The minimum absolute atomic E-state index is 0.0372. The van der Waals surface area contributed by atoms with E-state index in [0.717, 1.165) is 15.9 Å². The zero-order valence-corrected chi connectivity index (χ0v) is 15.3. The van der Waals surface area contributed by atoms with Gasteiger partial charge in [0.05, 0.1) is 28.4 Å². The summed E-state index contributed by atoms with van der Waals surface area (Å²) in [5.41, 5.74) is 1.19. The second-order valence-corrected chi connectivity index (χ2v) is 7.52. The number of carbonyl (C=O) groups is 1. The highest BCUT2D eigenvalue weighted by molar-refractivity contribution is 9.10. The van der Waals surface area contributed by atoms with Gasteiger partial charge in [-0.2, -0.15) is 5.10 Å². The van der Waals surface area contributed by atoms with Crippen LogP contribution in [0, 0.1) is 13.8 Å². The van der Waals surface area contributed by atoms with Crippen molar-refractivity contribution in [2.45, 2.75) is 58.9 Å². The monoisotopic (exact) mass is 375 g/mol. The fourth-order valence-electron chi connectivity index (χ4n) is 2.63. The zero-order chi connectivity index (χ0) is 16.7. The molecule has 7 heteroatoms. The Morgan fingerprint density at radius 1 is 1.41 bits per heavy atom. The van der Waals surface area contributed by atoms with Crippen molar-refractivity contribution in [3.63, 3.8) is 0 Å². The molecule has 0 bridgehead atoms. The maximum absolute atomic E-state index is 14.6. The lowest BCUT2D eigenvalue weighted by atomic mass is 10.0. The van der Waals surface area contributed by atoms with Gasteiger partial charge in [0.15, 0.2) is 0 Å². The number of halogens is 2. The molecule has 2 rings (SSSR count). The number of aromatic nitrogens is 2. The lowest BCUT2D eigenvalue weighted by molar-refractivity contribution is 0.00558. The number of carbonyl (C=O) groups excluding carboxylic acids is 1. The molecule has 1 aliphatic rings. The van der Waals surface area contributed by atoms with Gasteiger partial charge in [-0.05, 0) is 57.0 Å². The molecule has 1 aromatic rings. The molecule has 0 saturated carbocycles. The van der Waals surface area contributed by atoms with Crippen LogP contribution in [0.2, 0.25) is 0 Å². The van der Waals surface area contributed by atoms with E-state index in [9.17, 15) is 9.18 Å². The minimum atomic E-state index is -1.16. The van der Waals surface area contributed by atoms with Crippen molar-refractivity contribution in [3.05, 3.63) is 15.9 Å². The van der Waals surface area contributed by atoms with Gasteiger partial charge < -0.3 is 9.64 Å². The highest BCUT2D eigenvalue weighted by atomic mass is 79.9. The van der Waals surface area contributed by atoms with Gasteiger partial charge in [0, 0.05) is 6.54 Å². The molecule has 5 nitrogen and oxygen atoms in total. The molecule has 1 fully saturated rings. The van der Waals surface area contributed by atoms with E-state index in [2.05, 4.69) is 21.0 Å². The lowest BCUT2D eigenvalue weighted by Crippen LogP contribution is -2.47. The molecule has 2 atom stereocenters. The van der Waals surface area contributed by atoms with Crippen molar-refractivity contribution in [3.8, 4) is 0 Å². The topological polar surface area (TPSA) is 47.4 Å². The van der Waals surface area contributed by atoms with E-state index in [-0.39, 0.29) is 12.6 Å². The number of piperidine rings is 1. The van der Waals surface area contributed by atoms with E-state index in [0.29, 0.717) is 13.0 Å². The Morgan fingerprint density at radius 2 is 2.05 bits per heavy atom. The molecule has 1 saturated heterocycles. The van der Waals surface area contributed by atoms with Crippen LogP contribution in [0.4, 0.5) is 9.18 Å². The first-order chi connectivity index (χ1) is 10.1. The quantitative estimate of drug-likeness (QED) is 0.750. The summed E-state index contributed by atoms with van der Waals surface area (Å²) >= 11 is 3.46. The maximum Gasteiger partial charge on any atom is 0.410 e. The molecule has 2 heterocycles. The number of amides is 1. The van der Waals surface area contributed by atoms with Crippen LogP contribution in [0.15, 0.2) is 4.47 Å². The molecule has 1 amide bonds. The zero-order valence-electron chi connectivity index (χ0n) is 13.7. The van der Waals surface area contributed by atoms with E-state index in [1.54, 1.807) is 25.5 Å². The van der Waals surface area contributed by atoms with Crippen LogP contribution in [0.5, 0.6) is 0 Å². The van der Waals surface area contributed by atoms with Crippen LogP contribution in [0.3, 0.4) is 0 Å². The summed E-state index contributed by atoms with van der Waals surface area (Å²) in [6, 6.07) is -0.344. The molecule has 22 heavy (non-hydrogen) atoms. The van der Waals surface area contributed by atoms with Crippen LogP contribution in [0.25, 0.3) is 0 Å². The summed E-state index contributed by atoms with van der Waals surface area (Å²) in [7, 11) is 0. The Bertz CT molecular complexity index is 568. The summed E-state index contributed by atoms with van der Waals surface area (Å²) in [5.74, 6) is 0. The summed E-state index contributed by atoms with van der Waals surface area (Å²) in [4.78, 5) is 13.5. The van der Waals surface area contributed by atoms with Crippen molar-refractivity contribution >= 4 is 22.0 Å². The number of aryl methyl sites for hydroxylation is 1. The van der Waals surface area contributed by atoms with Crippen LogP contribution in [-0.4, -0.2) is 45.6 Å². The number of ether oxygens (including phenoxy) is 1. The van der Waals surface area contributed by atoms with Crippen molar-refractivity contribution in [2.75, 3.05) is 13.1 Å². The van der Waals surface area contributed by atoms with Gasteiger partial charge in [-0.1, -0.05) is 0 Å². The molecule has 0 aromatic carbocycles. The second-order valence-electron chi connectivity index (χ2n) is 6.73. The third-order valence-corrected chi connectivity index (χ3v) is 4.86. The Hall–Kier alpha value is -1.11. The predicted octanol–water partition coefficient (Wildman–Crippen LogP) is 3.78. The van der Waals surface area contributed by atoms with Gasteiger partial charge in [-0.25, -0.2) is 9.18 Å². The lowest BCUT2D eigenvalue weighted by Gasteiger charge is -2.36. The second kappa shape index (κ2) is 6.18. The Balaban J connectivity index is 2.07. The number of likely N-dealkylation sites (tertiary alicyclic amines) is 1. The molecule has 0 N–H and O–H groups in total. The van der Waals surface area contributed by atoms with Crippen molar-refractivity contribution < 1.29 is 13.9 Å². The molecule has 2 unspecified atom stereocenters. The van der Waals surface area contributed by atoms with Crippen LogP contribution < -0.4 is 0 Å². The average Bonchev–Trinajstić information content (AvgIpc) is 2.64. The molecular weight excluding hydrogens is 353 g/mol. The fourth-order valence-corrected chi connectivity index (χ4v) is 2.89. The van der Waals surface area contributed by atoms with Gasteiger partial charge in [-0.3, -0.25) is 4.68 Å². The number of alkyl halides is 1. The Kier molecular flexibility index (Phi) is 4.84. The van der Waals surface area contributed by atoms with Gasteiger partial charge in [0.1, 0.15) is 11.8 Å². The van der Waals surface area contributed by atoms with E-state index in [1.807, 2.05) is 13.8 Å². The minimum Gasteiger partial charge on any atom is -0.444 e. The van der Waals surface area contributed by atoms with Crippen molar-refractivity contribution in [2.24, 2.45) is 0 Å². The first-order valence-electron chi connectivity index (χ1n) is 7.43. The van der Waals surface area contributed by atoms with E-state index < -0.39 is 17.9 Å². The SMILES string of the molecule is Cc1nn(C2CCN(C(=O)OC(C)(C)C)CC2F)c(C)c1Br. The Morgan fingerprint density at radius 3 is 2.50 bits per heavy atom. The van der Waals surface area contributed by atoms with E-state index in [4.69, 9.17) is 4.74 Å². The summed E-state index contributed by atoms with van der Waals surface area (Å²) in [6.07, 6.45) is -1.09. The smallest absolute Gasteiger partial charge is 0.410 e. The molecule has 1 aliphatic heterocycles. The van der Waals surface area contributed by atoms with Gasteiger partial charge in [0.25, 0.3) is 0 Å². The molecule has 1 aromatic heterocycles. The third kappa shape index (κ3) is 3.62. The highest BCUT2D eigenvalue weighted by Gasteiger charge is 2.36. The van der Waals surface area contributed by atoms with Gasteiger partial charge in [-0.15, -0.1) is 0 Å². The predicted molar refractivity (Wildman–Crippen MR) is 85.8 cm³/mol. The maximum atomic E-state index is 14.6. The number of hydrogen-bond acceptors (Lipinski definition) is 3. The fraction of sp³-hybridized carbons (Fsp3) is 0.733. The first-order valence-corrected chi connectivity index (χ1v) is 8.22. The molecule has 0 spiro atoms. The molecule has 0 aliphatic carbocycles. The normalized spacial score (nSPS) is 22.8. The van der Waals surface area contributed by atoms with Gasteiger partial charge >= 0.3 is 6.09 Å². The highest BCUT2D eigenvalue weighted by Crippen LogP contribution is 2.30. The summed E-state index contributed by atoms with van der Waals surface area (Å²) in [5, 5.41) is 4.41. The average molecular weight is 376 g/mol. The number of nitrogens with zero attached hydrogens (tertiary/aromatic N) is 3. The third-order valence-electron chi connectivity index (χ3n) is 3.71. The largest absolute Gasteiger partial charge is 0.444 e. The van der Waals surface area contributed by atoms with Crippen molar-refractivity contribution in [1.82, 2.24) is 14.7 Å². The molecule has 0 radical (unpaired) electrons. The van der Waals surface area contributed by atoms with Crippen LogP contribution in [-0.2, 0) is 4.74 Å². The molecular formula is C15H23BrFN3O2. The van der Waals surface area contributed by atoms with E-state index >= 15 is 0 Å². The Labute approximate surface area is 138 Å². The number of rotatable bonds is 1. The van der Waals surface area contributed by atoms with E-state index in [1.165, 1.54) is 4.90 Å². The first kappa shape index (κ1) is 17.2. The van der Waals surface area contributed by atoms with Crippen molar-refractivity contribution in [1.29, 1.82) is 0 Å². The van der Waals surface area contributed by atoms with Crippen LogP contribution in [0.1, 0.15) is 44.6 Å². The summed E-state index contributed by atoms with van der Waals surface area (Å²) < 4.78 is 22.5. The summed E-state index contributed by atoms with van der Waals surface area (Å²) in [6.45, 7) is 9.72. The standard InChI is InChI=1S/C15H23BrFN3O2/c1-9-13(16)10(2)20(18-9)12-6-7-19(8-11(12)17)14(21)22-15(3,4)5/h11-12H,6-8H2,1-5H3. The van der Waals surface area contributed by atoms with Gasteiger partial charge in [0.2, 0.25) is 0 Å². The van der Waals surface area contributed by atoms with Crippen LogP contribution >= 0.6 is 15.9 Å². The molecule has 124 valence electrons. The number of hydrogen-bond donors (Lipinski definition) is 0.